The topological polar surface area (TPSA) is 43.8 Å². The summed E-state index contributed by atoms with van der Waals surface area (Å²) in [5, 5.41) is 0.0726. The van der Waals surface area contributed by atoms with E-state index in [1.165, 1.54) is 11.6 Å². The molecule has 0 amide bonds. The third kappa shape index (κ3) is 2.12. The van der Waals surface area contributed by atoms with Gasteiger partial charge in [-0.05, 0) is 24.1 Å². The predicted molar refractivity (Wildman–Crippen MR) is 79.4 cm³/mol. The van der Waals surface area contributed by atoms with Crippen LogP contribution in [0, 0.1) is 12.7 Å². The second kappa shape index (κ2) is 4.80. The van der Waals surface area contributed by atoms with Gasteiger partial charge in [0.2, 0.25) is 5.95 Å². The van der Waals surface area contributed by atoms with Gasteiger partial charge in [0.15, 0.2) is 0 Å². The fourth-order valence-corrected chi connectivity index (χ4v) is 2.42. The molecule has 0 saturated heterocycles. The Labute approximate surface area is 120 Å². The average molecular weight is 290 g/mol. The highest BCUT2D eigenvalue weighted by Gasteiger charge is 2.12. The van der Waals surface area contributed by atoms with Gasteiger partial charge in [-0.2, -0.15) is 0 Å². The number of benzene rings is 2. The zero-order chi connectivity index (χ0) is 14.3. The second-order valence-electron chi connectivity index (χ2n) is 4.74. The van der Waals surface area contributed by atoms with Gasteiger partial charge in [0.05, 0.1) is 22.6 Å². The van der Waals surface area contributed by atoms with Crippen LogP contribution >= 0.6 is 11.6 Å². The van der Waals surface area contributed by atoms with Crippen molar-refractivity contribution in [1.29, 1.82) is 0 Å². The van der Waals surface area contributed by atoms with Gasteiger partial charge in [-0.3, -0.25) is 0 Å². The smallest absolute Gasteiger partial charge is 0.201 e. The maximum atomic E-state index is 13.5. The molecule has 5 heteroatoms. The Morgan fingerprint density at radius 2 is 2.05 bits per heavy atom. The van der Waals surface area contributed by atoms with Crippen molar-refractivity contribution in [3.63, 3.8) is 0 Å². The fourth-order valence-electron chi connectivity index (χ4n) is 2.26. The molecule has 0 aliphatic heterocycles. The number of aromatic nitrogens is 2. The first kappa shape index (κ1) is 12.9. The lowest BCUT2D eigenvalue weighted by atomic mass is 10.1. The molecular weight excluding hydrogens is 277 g/mol. The number of nitrogens with two attached hydrogens (primary N) is 1. The summed E-state index contributed by atoms with van der Waals surface area (Å²) >= 11 is 5.85. The van der Waals surface area contributed by atoms with Crippen LogP contribution in [0.1, 0.15) is 11.1 Å². The van der Waals surface area contributed by atoms with E-state index in [0.717, 1.165) is 11.1 Å². The molecule has 1 aromatic heterocycles. The molecule has 2 N–H and O–H groups in total. The highest BCUT2D eigenvalue weighted by Crippen LogP contribution is 2.26. The average Bonchev–Trinajstić information content (AvgIpc) is 2.69. The van der Waals surface area contributed by atoms with Gasteiger partial charge in [-0.1, -0.05) is 35.9 Å². The van der Waals surface area contributed by atoms with Crippen LogP contribution in [-0.4, -0.2) is 9.55 Å². The molecule has 0 unspecified atom stereocenters. The van der Waals surface area contributed by atoms with E-state index in [0.29, 0.717) is 18.0 Å². The number of aryl methyl sites for hydroxylation is 1. The lowest BCUT2D eigenvalue weighted by Crippen LogP contribution is -2.05. The van der Waals surface area contributed by atoms with E-state index in [2.05, 4.69) is 4.98 Å². The largest absolute Gasteiger partial charge is 0.369 e. The molecule has 0 radical (unpaired) electrons. The molecule has 0 spiro atoms. The normalized spacial score (nSPS) is 11.2. The molecule has 2 aromatic carbocycles. The second-order valence-corrected chi connectivity index (χ2v) is 5.14. The number of fused-ring (bicyclic) bond motifs is 1. The first-order valence-electron chi connectivity index (χ1n) is 6.21. The Morgan fingerprint density at radius 3 is 2.80 bits per heavy atom. The van der Waals surface area contributed by atoms with Crippen LogP contribution in [-0.2, 0) is 6.54 Å². The van der Waals surface area contributed by atoms with Gasteiger partial charge in [0.25, 0.3) is 0 Å². The Morgan fingerprint density at radius 1 is 1.30 bits per heavy atom. The van der Waals surface area contributed by atoms with Gasteiger partial charge >= 0.3 is 0 Å². The zero-order valence-electron chi connectivity index (χ0n) is 10.9. The molecule has 3 aromatic rings. The monoisotopic (exact) mass is 289 g/mol. The molecule has 3 nitrogen and oxygen atoms in total. The molecule has 0 aliphatic carbocycles. The van der Waals surface area contributed by atoms with E-state index in [4.69, 9.17) is 17.3 Å². The highest BCUT2D eigenvalue weighted by atomic mass is 35.5. The lowest BCUT2D eigenvalue weighted by Gasteiger charge is -2.09. The maximum Gasteiger partial charge on any atom is 0.201 e. The minimum absolute atomic E-state index is 0.0726. The van der Waals surface area contributed by atoms with Crippen LogP contribution in [0.15, 0.2) is 36.4 Å². The van der Waals surface area contributed by atoms with Crippen LogP contribution < -0.4 is 5.73 Å². The zero-order valence-corrected chi connectivity index (χ0v) is 11.7. The Hall–Kier alpha value is -2.07. The molecule has 0 fully saturated rings. The van der Waals surface area contributed by atoms with E-state index in [9.17, 15) is 4.39 Å². The molecule has 0 saturated carbocycles. The van der Waals surface area contributed by atoms with E-state index in [1.807, 2.05) is 35.8 Å². The molecule has 1 heterocycles. The number of hydrogen-bond donors (Lipinski definition) is 1. The van der Waals surface area contributed by atoms with Gasteiger partial charge in [0, 0.05) is 6.07 Å². The predicted octanol–water partition coefficient (Wildman–Crippen LogP) is 3.77. The van der Waals surface area contributed by atoms with Crippen molar-refractivity contribution in [2.24, 2.45) is 0 Å². The number of imidazole rings is 1. The summed E-state index contributed by atoms with van der Waals surface area (Å²) in [6.07, 6.45) is 0. The third-order valence-corrected chi connectivity index (χ3v) is 3.70. The first-order chi connectivity index (χ1) is 9.56. The van der Waals surface area contributed by atoms with Crippen molar-refractivity contribution >= 4 is 28.6 Å². The molecule has 0 aliphatic rings. The van der Waals surface area contributed by atoms with Crippen LogP contribution in [0.4, 0.5) is 10.3 Å². The quantitative estimate of drug-likeness (QED) is 0.780. The van der Waals surface area contributed by atoms with E-state index >= 15 is 0 Å². The van der Waals surface area contributed by atoms with Gasteiger partial charge in [0.1, 0.15) is 5.82 Å². The van der Waals surface area contributed by atoms with Crippen molar-refractivity contribution in [3.05, 3.63) is 58.4 Å². The summed E-state index contributed by atoms with van der Waals surface area (Å²) in [5.41, 5.74) is 9.49. The molecular formula is C15H13ClFN3. The van der Waals surface area contributed by atoms with Crippen molar-refractivity contribution in [2.45, 2.75) is 13.5 Å². The lowest BCUT2D eigenvalue weighted by molar-refractivity contribution is 0.629. The van der Waals surface area contributed by atoms with E-state index in [-0.39, 0.29) is 5.02 Å². The number of rotatable bonds is 2. The summed E-state index contributed by atoms with van der Waals surface area (Å²) in [7, 11) is 0. The highest BCUT2D eigenvalue weighted by molar-refractivity contribution is 6.31. The molecule has 0 bridgehead atoms. The number of nitrogens with zero attached hydrogens (tertiary/aromatic N) is 2. The van der Waals surface area contributed by atoms with Gasteiger partial charge < -0.3 is 10.3 Å². The van der Waals surface area contributed by atoms with Crippen LogP contribution in [0.2, 0.25) is 5.02 Å². The first-order valence-corrected chi connectivity index (χ1v) is 6.59. The van der Waals surface area contributed by atoms with Crippen molar-refractivity contribution < 1.29 is 4.39 Å². The number of anilines is 1. The van der Waals surface area contributed by atoms with E-state index < -0.39 is 5.82 Å². The molecule has 3 rings (SSSR count). The molecule has 102 valence electrons. The van der Waals surface area contributed by atoms with Crippen LogP contribution in [0.3, 0.4) is 0 Å². The molecule has 0 atom stereocenters. The molecule has 20 heavy (non-hydrogen) atoms. The minimum Gasteiger partial charge on any atom is -0.369 e. The Kier molecular flexibility index (Phi) is 3.10. The van der Waals surface area contributed by atoms with Gasteiger partial charge in [-0.25, -0.2) is 9.37 Å². The number of hydrogen-bond acceptors (Lipinski definition) is 2. The minimum atomic E-state index is -0.486. The van der Waals surface area contributed by atoms with Crippen molar-refractivity contribution in [2.75, 3.05) is 5.73 Å². The summed E-state index contributed by atoms with van der Waals surface area (Å²) in [4.78, 5) is 4.18. The fraction of sp³-hybridized carbons (Fsp3) is 0.133. The Balaban J connectivity index is 2.14. The summed E-state index contributed by atoms with van der Waals surface area (Å²) in [5.74, 6) is -0.135. The van der Waals surface area contributed by atoms with Crippen LogP contribution in [0.5, 0.6) is 0 Å². The number of nitrogen functional groups attached to an aromatic ring is 1. The van der Waals surface area contributed by atoms with Gasteiger partial charge in [-0.15, -0.1) is 0 Å². The maximum absolute atomic E-state index is 13.5. The third-order valence-electron chi connectivity index (χ3n) is 3.41. The summed E-state index contributed by atoms with van der Waals surface area (Å²) < 4.78 is 15.3. The van der Waals surface area contributed by atoms with Crippen molar-refractivity contribution in [3.8, 4) is 0 Å². The van der Waals surface area contributed by atoms with Crippen molar-refractivity contribution in [1.82, 2.24) is 9.55 Å². The number of halogens is 2. The Bertz CT molecular complexity index is 795. The standard InChI is InChI=1S/C15H13ClFN3/c1-9-4-2-3-5-10(9)8-20-14-6-11(16)12(17)7-13(14)19-15(20)18/h2-7H,8H2,1H3,(H2,18,19). The summed E-state index contributed by atoms with van der Waals surface area (Å²) in [6, 6.07) is 10.9. The SMILES string of the molecule is Cc1ccccc1Cn1c(N)nc2cc(F)c(Cl)cc21. The van der Waals surface area contributed by atoms with E-state index in [1.54, 1.807) is 6.07 Å². The summed E-state index contributed by atoms with van der Waals surface area (Å²) in [6.45, 7) is 2.62. The van der Waals surface area contributed by atoms with Crippen LogP contribution in [0.25, 0.3) is 11.0 Å².